The maximum absolute atomic E-state index is 12.6. The molecule has 26 heavy (non-hydrogen) atoms. The predicted octanol–water partition coefficient (Wildman–Crippen LogP) is 1.95. The number of benzene rings is 1. The summed E-state index contributed by atoms with van der Waals surface area (Å²) in [6.07, 6.45) is -1.10. The van der Waals surface area contributed by atoms with Crippen molar-refractivity contribution in [2.24, 2.45) is 5.10 Å². The van der Waals surface area contributed by atoms with Gasteiger partial charge in [0, 0.05) is 12.6 Å². The lowest BCUT2D eigenvalue weighted by molar-refractivity contribution is -0.161. The van der Waals surface area contributed by atoms with Gasteiger partial charge in [0.1, 0.15) is 11.3 Å². The molecule has 2 amide bonds. The Hall–Kier alpha value is -2.94. The number of rotatable bonds is 3. The molecule has 0 spiro atoms. The minimum absolute atomic E-state index is 0.0572. The molecule has 2 rings (SSSR count). The first-order valence-electron chi connectivity index (χ1n) is 7.81. The maximum atomic E-state index is 12.6. The summed E-state index contributed by atoms with van der Waals surface area (Å²) in [5, 5.41) is 24.8. The number of likely N-dealkylation sites (N-methyl/N-ethyl adjacent to an activating group) is 1. The van der Waals surface area contributed by atoms with E-state index in [0.29, 0.717) is 5.56 Å². The van der Waals surface area contributed by atoms with Crippen LogP contribution in [0.3, 0.4) is 0 Å². The first kappa shape index (κ1) is 19.4. The topological polar surface area (TPSA) is 120 Å². The van der Waals surface area contributed by atoms with E-state index in [1.165, 1.54) is 38.2 Å². The summed E-state index contributed by atoms with van der Waals surface area (Å²) >= 11 is 0. The smallest absolute Gasteiger partial charge is 0.435 e. The van der Waals surface area contributed by atoms with Crippen LogP contribution in [0.5, 0.6) is 0 Å². The Morgan fingerprint density at radius 1 is 1.23 bits per heavy atom. The second-order valence-corrected chi connectivity index (χ2v) is 7.02. The Kier molecular flexibility index (Phi) is 4.78. The normalized spacial score (nSPS) is 20.0. The molecule has 1 aliphatic rings. The number of carbonyl (C=O) groups excluding carboxylic acids is 2. The van der Waals surface area contributed by atoms with Gasteiger partial charge < -0.3 is 9.84 Å². The summed E-state index contributed by atoms with van der Waals surface area (Å²) in [5.74, 6) is -1.73. The molecule has 2 N–H and O–H groups in total. The molecule has 1 atom stereocenters. The lowest BCUT2D eigenvalue weighted by atomic mass is 9.89. The molecule has 0 aliphatic carbocycles. The molecule has 9 nitrogen and oxygen atoms in total. The van der Waals surface area contributed by atoms with Crippen molar-refractivity contribution < 1.29 is 29.4 Å². The summed E-state index contributed by atoms with van der Waals surface area (Å²) in [4.78, 5) is 35.9. The van der Waals surface area contributed by atoms with E-state index in [9.17, 15) is 19.6 Å². The minimum Gasteiger partial charge on any atom is -0.478 e. The third kappa shape index (κ3) is 3.38. The third-order valence-electron chi connectivity index (χ3n) is 3.82. The van der Waals surface area contributed by atoms with E-state index in [0.717, 1.165) is 5.01 Å². The van der Waals surface area contributed by atoms with Crippen molar-refractivity contribution in [2.45, 2.75) is 38.8 Å². The fourth-order valence-electron chi connectivity index (χ4n) is 2.50. The predicted molar refractivity (Wildman–Crippen MR) is 91.0 cm³/mol. The van der Waals surface area contributed by atoms with Crippen molar-refractivity contribution in [2.75, 3.05) is 7.05 Å². The molecular formula is C17H21N3O6. The highest BCUT2D eigenvalue weighted by molar-refractivity contribution is 6.24. The average molecular weight is 363 g/mol. The van der Waals surface area contributed by atoms with Crippen LogP contribution in [0.25, 0.3) is 0 Å². The fourth-order valence-corrected chi connectivity index (χ4v) is 2.50. The monoisotopic (exact) mass is 363 g/mol. The summed E-state index contributed by atoms with van der Waals surface area (Å²) in [7, 11) is 1.39. The third-order valence-corrected chi connectivity index (χ3v) is 3.82. The van der Waals surface area contributed by atoms with Crippen molar-refractivity contribution in [3.05, 3.63) is 35.4 Å². The number of carbonyl (C=O) groups is 3. The zero-order valence-electron chi connectivity index (χ0n) is 15.2. The molecule has 1 aliphatic heterocycles. The summed E-state index contributed by atoms with van der Waals surface area (Å²) in [6, 6.07) is 5.60. The van der Waals surface area contributed by atoms with E-state index in [-0.39, 0.29) is 16.3 Å². The van der Waals surface area contributed by atoms with Gasteiger partial charge in [-0.05, 0) is 39.8 Å². The largest absolute Gasteiger partial charge is 0.478 e. The number of hydrogen-bond donors (Lipinski definition) is 2. The molecule has 0 bridgehead atoms. The molecule has 0 saturated heterocycles. The number of carboxylic acids is 1. The van der Waals surface area contributed by atoms with Gasteiger partial charge in [-0.3, -0.25) is 10.0 Å². The molecule has 0 fully saturated rings. The molecule has 1 unspecified atom stereocenters. The van der Waals surface area contributed by atoms with Gasteiger partial charge in [0.2, 0.25) is 0 Å². The second-order valence-electron chi connectivity index (χ2n) is 7.02. The average Bonchev–Trinajstić information content (AvgIpc) is 2.78. The zero-order valence-corrected chi connectivity index (χ0v) is 15.2. The molecule has 9 heteroatoms. The van der Waals surface area contributed by atoms with Crippen LogP contribution in [0.4, 0.5) is 4.79 Å². The van der Waals surface area contributed by atoms with E-state index in [2.05, 4.69) is 5.10 Å². The molecule has 1 aromatic rings. The van der Waals surface area contributed by atoms with E-state index < -0.39 is 29.1 Å². The van der Waals surface area contributed by atoms with Crippen molar-refractivity contribution in [1.82, 2.24) is 10.1 Å². The Bertz CT molecular complexity index is 781. The molecular weight excluding hydrogens is 342 g/mol. The standard InChI is InChI=1S/C17H21N3O6/c1-16(2,3)26-15(24)20(25)17(4)12(18-19(5)14(17)23)10-6-8-11(9-7-10)13(21)22/h6-9,25H,1-5H3,(H,21,22). The molecule has 0 radical (unpaired) electrons. The number of aromatic carboxylic acids is 1. The molecule has 140 valence electrons. The van der Waals surface area contributed by atoms with Gasteiger partial charge in [-0.25, -0.2) is 14.6 Å². The highest BCUT2D eigenvalue weighted by Gasteiger charge is 2.54. The molecule has 0 saturated carbocycles. The zero-order chi connectivity index (χ0) is 19.9. The molecule has 0 aromatic heterocycles. The van der Waals surface area contributed by atoms with Gasteiger partial charge in [-0.2, -0.15) is 10.2 Å². The van der Waals surface area contributed by atoms with Crippen LogP contribution in [-0.4, -0.2) is 62.3 Å². The van der Waals surface area contributed by atoms with Crippen molar-refractivity contribution in [3.63, 3.8) is 0 Å². The molecule has 1 aromatic carbocycles. The first-order chi connectivity index (χ1) is 11.9. The van der Waals surface area contributed by atoms with E-state index in [1.807, 2.05) is 0 Å². The minimum atomic E-state index is -1.82. The number of amides is 2. The second kappa shape index (κ2) is 6.41. The Labute approximate surface area is 150 Å². The Balaban J connectivity index is 2.44. The lowest BCUT2D eigenvalue weighted by Gasteiger charge is -2.33. The molecule has 1 heterocycles. The van der Waals surface area contributed by atoms with Crippen LogP contribution in [0.1, 0.15) is 43.6 Å². The van der Waals surface area contributed by atoms with Crippen LogP contribution < -0.4 is 0 Å². The van der Waals surface area contributed by atoms with Crippen LogP contribution in [0.15, 0.2) is 29.4 Å². The van der Waals surface area contributed by atoms with Crippen molar-refractivity contribution in [1.29, 1.82) is 0 Å². The number of nitrogens with zero attached hydrogens (tertiary/aromatic N) is 3. The van der Waals surface area contributed by atoms with Crippen molar-refractivity contribution in [3.8, 4) is 0 Å². The van der Waals surface area contributed by atoms with Gasteiger partial charge >= 0.3 is 12.1 Å². The summed E-state index contributed by atoms with van der Waals surface area (Å²) in [6.45, 7) is 6.22. The Morgan fingerprint density at radius 3 is 2.23 bits per heavy atom. The van der Waals surface area contributed by atoms with Crippen LogP contribution >= 0.6 is 0 Å². The van der Waals surface area contributed by atoms with E-state index in [4.69, 9.17) is 9.84 Å². The van der Waals surface area contributed by atoms with Gasteiger partial charge in [0.05, 0.1) is 5.56 Å². The van der Waals surface area contributed by atoms with E-state index in [1.54, 1.807) is 20.8 Å². The van der Waals surface area contributed by atoms with Gasteiger partial charge in [0.25, 0.3) is 5.91 Å². The SMILES string of the molecule is CN1N=C(c2ccc(C(=O)O)cc2)C(C)(N(O)C(=O)OC(C)(C)C)C1=O. The van der Waals surface area contributed by atoms with Crippen molar-refractivity contribution >= 4 is 23.7 Å². The summed E-state index contributed by atoms with van der Waals surface area (Å²) in [5.41, 5.74) is -2.15. The van der Waals surface area contributed by atoms with Crippen LogP contribution in [-0.2, 0) is 9.53 Å². The number of carboxylic acid groups (broad SMARTS) is 1. The van der Waals surface area contributed by atoms with Crippen LogP contribution in [0.2, 0.25) is 0 Å². The first-order valence-corrected chi connectivity index (χ1v) is 7.81. The van der Waals surface area contributed by atoms with Gasteiger partial charge in [0.15, 0.2) is 5.54 Å². The number of hydrogen-bond acceptors (Lipinski definition) is 6. The number of hydrazone groups is 1. The highest BCUT2D eigenvalue weighted by atomic mass is 16.6. The highest BCUT2D eigenvalue weighted by Crippen LogP contribution is 2.30. The quantitative estimate of drug-likeness (QED) is 0.626. The van der Waals surface area contributed by atoms with Crippen LogP contribution in [0, 0.1) is 0 Å². The fraction of sp³-hybridized carbons (Fsp3) is 0.412. The summed E-state index contributed by atoms with van der Waals surface area (Å²) < 4.78 is 5.13. The Morgan fingerprint density at radius 2 is 1.77 bits per heavy atom. The lowest BCUT2D eigenvalue weighted by Crippen LogP contribution is -2.59. The van der Waals surface area contributed by atoms with E-state index >= 15 is 0 Å². The number of ether oxygens (including phenoxy) is 1. The number of hydroxylamine groups is 2. The van der Waals surface area contributed by atoms with Gasteiger partial charge in [-0.15, -0.1) is 0 Å². The van der Waals surface area contributed by atoms with Gasteiger partial charge in [-0.1, -0.05) is 12.1 Å². The maximum Gasteiger partial charge on any atom is 0.435 e.